The van der Waals surface area contributed by atoms with Gasteiger partial charge in [-0.15, -0.1) is 0 Å². The average molecular weight is 305 g/mol. The molecule has 1 heterocycles. The SMILES string of the molecule is Cn1ccc2c(OCOCC[Si](C)(C)C)cc(C=O)cc21. The van der Waals surface area contributed by atoms with Crippen molar-refractivity contribution in [1.29, 1.82) is 0 Å². The molecule has 4 nitrogen and oxygen atoms in total. The summed E-state index contributed by atoms with van der Waals surface area (Å²) >= 11 is 0. The standard InChI is InChI=1S/C16H23NO3Si/c1-17-6-5-14-15(17)9-13(11-18)10-16(14)20-12-19-7-8-21(2,3)4/h5-6,9-11H,7-8,12H2,1-4H3. The summed E-state index contributed by atoms with van der Waals surface area (Å²) in [5.41, 5.74) is 1.60. The van der Waals surface area contributed by atoms with Crippen molar-refractivity contribution in [3.05, 3.63) is 30.0 Å². The molecule has 0 saturated heterocycles. The fraction of sp³-hybridized carbons (Fsp3) is 0.438. The molecule has 0 amide bonds. The van der Waals surface area contributed by atoms with Gasteiger partial charge in [-0.05, 0) is 24.2 Å². The van der Waals surface area contributed by atoms with Crippen LogP contribution in [-0.2, 0) is 11.8 Å². The molecule has 0 saturated carbocycles. The van der Waals surface area contributed by atoms with Crippen LogP contribution >= 0.6 is 0 Å². The van der Waals surface area contributed by atoms with E-state index in [1.165, 1.54) is 0 Å². The minimum atomic E-state index is -1.07. The Kier molecular flexibility index (Phi) is 4.85. The maximum Gasteiger partial charge on any atom is 0.189 e. The molecule has 0 aliphatic carbocycles. The first kappa shape index (κ1) is 15.8. The Labute approximate surface area is 126 Å². The summed E-state index contributed by atoms with van der Waals surface area (Å²) in [6.45, 7) is 7.90. The van der Waals surface area contributed by atoms with Crippen LogP contribution in [0.1, 0.15) is 10.4 Å². The molecule has 114 valence electrons. The van der Waals surface area contributed by atoms with E-state index in [9.17, 15) is 4.79 Å². The minimum Gasteiger partial charge on any atom is -0.467 e. The quantitative estimate of drug-likeness (QED) is 0.339. The minimum absolute atomic E-state index is 0.219. The number of aldehydes is 1. The molecule has 21 heavy (non-hydrogen) atoms. The molecule has 2 rings (SSSR count). The van der Waals surface area contributed by atoms with Crippen molar-refractivity contribution in [1.82, 2.24) is 4.57 Å². The topological polar surface area (TPSA) is 40.5 Å². The molecular formula is C16H23NO3Si. The summed E-state index contributed by atoms with van der Waals surface area (Å²) in [4.78, 5) is 11.0. The summed E-state index contributed by atoms with van der Waals surface area (Å²) in [6.07, 6.45) is 2.80. The highest BCUT2D eigenvalue weighted by molar-refractivity contribution is 6.76. The normalized spacial score (nSPS) is 11.8. The number of hydrogen-bond acceptors (Lipinski definition) is 3. The van der Waals surface area contributed by atoms with Gasteiger partial charge in [-0.25, -0.2) is 0 Å². The highest BCUT2D eigenvalue weighted by Crippen LogP contribution is 2.28. The Balaban J connectivity index is 2.03. The van der Waals surface area contributed by atoms with Crippen LogP contribution in [0.5, 0.6) is 5.75 Å². The Hall–Kier alpha value is -1.59. The van der Waals surface area contributed by atoms with Gasteiger partial charge in [0, 0.05) is 38.9 Å². The summed E-state index contributed by atoms with van der Waals surface area (Å²) in [5.74, 6) is 0.697. The van der Waals surface area contributed by atoms with Crippen LogP contribution in [-0.4, -0.2) is 32.3 Å². The first-order valence-corrected chi connectivity index (χ1v) is 10.9. The second-order valence-electron chi connectivity index (χ2n) is 6.48. The Morgan fingerprint density at radius 2 is 2.05 bits per heavy atom. The van der Waals surface area contributed by atoms with Gasteiger partial charge in [0.25, 0.3) is 0 Å². The first-order valence-electron chi connectivity index (χ1n) is 7.15. The van der Waals surface area contributed by atoms with Crippen LogP contribution in [0, 0.1) is 0 Å². The van der Waals surface area contributed by atoms with Gasteiger partial charge in [-0.2, -0.15) is 0 Å². The highest BCUT2D eigenvalue weighted by atomic mass is 28.3. The zero-order valence-corrected chi connectivity index (χ0v) is 14.2. The Morgan fingerprint density at radius 1 is 1.29 bits per heavy atom. The molecule has 2 aromatic rings. The number of rotatable bonds is 7. The Morgan fingerprint density at radius 3 is 2.71 bits per heavy atom. The van der Waals surface area contributed by atoms with Crippen LogP contribution in [0.25, 0.3) is 10.9 Å². The number of nitrogens with zero attached hydrogens (tertiary/aromatic N) is 1. The van der Waals surface area contributed by atoms with Gasteiger partial charge < -0.3 is 14.0 Å². The van der Waals surface area contributed by atoms with Crippen molar-refractivity contribution in [2.24, 2.45) is 7.05 Å². The lowest BCUT2D eigenvalue weighted by molar-refractivity contribution is 0.0229. The number of hydrogen-bond donors (Lipinski definition) is 0. The second kappa shape index (κ2) is 6.45. The van der Waals surface area contributed by atoms with Gasteiger partial charge in [0.15, 0.2) is 6.79 Å². The van der Waals surface area contributed by atoms with E-state index in [1.54, 1.807) is 6.07 Å². The molecule has 1 aromatic heterocycles. The zero-order chi connectivity index (χ0) is 15.5. The summed E-state index contributed by atoms with van der Waals surface area (Å²) in [5, 5.41) is 0.997. The third-order valence-electron chi connectivity index (χ3n) is 3.42. The molecule has 1 aromatic carbocycles. The van der Waals surface area contributed by atoms with Gasteiger partial charge >= 0.3 is 0 Å². The lowest BCUT2D eigenvalue weighted by atomic mass is 10.1. The molecule has 0 spiro atoms. The van der Waals surface area contributed by atoms with Crippen molar-refractivity contribution in [2.75, 3.05) is 13.4 Å². The number of fused-ring (bicyclic) bond motifs is 1. The molecule has 0 aliphatic heterocycles. The molecule has 5 heteroatoms. The van der Waals surface area contributed by atoms with E-state index in [4.69, 9.17) is 9.47 Å². The smallest absolute Gasteiger partial charge is 0.189 e. The maximum atomic E-state index is 11.0. The molecule has 0 N–H and O–H groups in total. The van der Waals surface area contributed by atoms with E-state index in [0.717, 1.165) is 29.8 Å². The summed E-state index contributed by atoms with van der Waals surface area (Å²) in [6, 6.07) is 6.73. The van der Waals surface area contributed by atoms with E-state index >= 15 is 0 Å². The predicted molar refractivity (Wildman–Crippen MR) is 87.9 cm³/mol. The molecular weight excluding hydrogens is 282 g/mol. The van der Waals surface area contributed by atoms with Gasteiger partial charge in [-0.1, -0.05) is 19.6 Å². The second-order valence-corrected chi connectivity index (χ2v) is 12.1. The van der Waals surface area contributed by atoms with Crippen molar-refractivity contribution in [3.8, 4) is 5.75 Å². The number of aromatic nitrogens is 1. The van der Waals surface area contributed by atoms with E-state index in [0.29, 0.717) is 11.3 Å². The third-order valence-corrected chi connectivity index (χ3v) is 5.12. The lowest BCUT2D eigenvalue weighted by Gasteiger charge is -2.15. The van der Waals surface area contributed by atoms with Gasteiger partial charge in [0.05, 0.1) is 5.52 Å². The van der Waals surface area contributed by atoms with Gasteiger partial charge in [0.1, 0.15) is 12.0 Å². The van der Waals surface area contributed by atoms with E-state index in [-0.39, 0.29) is 6.79 Å². The number of benzene rings is 1. The number of aryl methyl sites for hydroxylation is 1. The van der Waals surface area contributed by atoms with Crippen LogP contribution in [0.2, 0.25) is 25.7 Å². The molecule has 0 aliphatic rings. The number of carbonyl (C=O) groups excluding carboxylic acids is 1. The largest absolute Gasteiger partial charge is 0.467 e. The van der Waals surface area contributed by atoms with E-state index in [2.05, 4.69) is 19.6 Å². The van der Waals surface area contributed by atoms with Gasteiger partial charge in [-0.3, -0.25) is 4.79 Å². The molecule has 0 unspecified atom stereocenters. The molecule has 0 radical (unpaired) electrons. The van der Waals surface area contributed by atoms with Crippen LogP contribution < -0.4 is 4.74 Å². The summed E-state index contributed by atoms with van der Waals surface area (Å²) < 4.78 is 13.2. The fourth-order valence-electron chi connectivity index (χ4n) is 2.09. The molecule has 0 fully saturated rings. The molecule has 0 bridgehead atoms. The first-order chi connectivity index (χ1) is 9.90. The maximum absolute atomic E-state index is 11.0. The van der Waals surface area contributed by atoms with Crippen molar-refractivity contribution in [2.45, 2.75) is 25.7 Å². The third kappa shape index (κ3) is 4.19. The Bertz CT molecular complexity index is 628. The monoisotopic (exact) mass is 305 g/mol. The van der Waals surface area contributed by atoms with Crippen molar-refractivity contribution >= 4 is 25.3 Å². The highest BCUT2D eigenvalue weighted by Gasteiger charge is 2.12. The number of carbonyl (C=O) groups is 1. The predicted octanol–water partition coefficient (Wildman–Crippen LogP) is 3.68. The van der Waals surface area contributed by atoms with Crippen LogP contribution in [0.15, 0.2) is 24.4 Å². The average Bonchev–Trinajstić information content (AvgIpc) is 2.79. The lowest BCUT2D eigenvalue weighted by Crippen LogP contribution is -2.22. The number of ether oxygens (including phenoxy) is 2. The van der Waals surface area contributed by atoms with Crippen LogP contribution in [0.3, 0.4) is 0 Å². The van der Waals surface area contributed by atoms with Gasteiger partial charge in [0.2, 0.25) is 0 Å². The zero-order valence-electron chi connectivity index (χ0n) is 13.2. The van der Waals surface area contributed by atoms with Crippen LogP contribution in [0.4, 0.5) is 0 Å². The van der Waals surface area contributed by atoms with E-state index < -0.39 is 8.07 Å². The summed E-state index contributed by atoms with van der Waals surface area (Å²) in [7, 11) is 0.878. The fourth-order valence-corrected chi connectivity index (χ4v) is 2.85. The van der Waals surface area contributed by atoms with E-state index in [1.807, 2.05) is 29.9 Å². The van der Waals surface area contributed by atoms with Crippen molar-refractivity contribution in [3.63, 3.8) is 0 Å². The van der Waals surface area contributed by atoms with Crippen molar-refractivity contribution < 1.29 is 14.3 Å². The molecule has 0 atom stereocenters.